The molecule has 4 nitrogen and oxygen atoms in total. The Hall–Kier alpha value is -1.01. The number of aromatic nitrogens is 3. The molecular formula is C14H19BrN4S. The molecule has 0 amide bonds. The molecule has 0 aliphatic carbocycles. The summed E-state index contributed by atoms with van der Waals surface area (Å²) in [4.78, 5) is 13.8. The standard InChI is InChI=1S/C14H19BrN4S/c1-8-7-20-10(17-8)6-9-18-12(14(2,3)4)11(15)13(16-5)19-9/h7H,6H2,1-5H3,(H,16,18,19). The molecule has 6 heteroatoms. The summed E-state index contributed by atoms with van der Waals surface area (Å²) in [5.74, 6) is 1.63. The lowest BCUT2D eigenvalue weighted by Gasteiger charge is -2.21. The number of halogens is 1. The molecule has 2 heterocycles. The summed E-state index contributed by atoms with van der Waals surface area (Å²) in [6, 6.07) is 0. The fraction of sp³-hybridized carbons (Fsp3) is 0.500. The number of anilines is 1. The molecule has 1 N–H and O–H groups in total. The molecule has 2 aromatic rings. The van der Waals surface area contributed by atoms with E-state index < -0.39 is 0 Å². The number of hydrogen-bond donors (Lipinski definition) is 1. The van der Waals surface area contributed by atoms with Crippen LogP contribution in [0.2, 0.25) is 0 Å². The number of aryl methyl sites for hydroxylation is 1. The molecule has 0 unspecified atom stereocenters. The first-order valence-electron chi connectivity index (χ1n) is 6.47. The van der Waals surface area contributed by atoms with E-state index in [2.05, 4.69) is 57.4 Å². The van der Waals surface area contributed by atoms with Crippen LogP contribution >= 0.6 is 27.3 Å². The summed E-state index contributed by atoms with van der Waals surface area (Å²) >= 11 is 5.25. The number of rotatable bonds is 3. The summed E-state index contributed by atoms with van der Waals surface area (Å²) in [5, 5.41) is 6.23. The number of nitrogens with zero attached hydrogens (tertiary/aromatic N) is 3. The van der Waals surface area contributed by atoms with Crippen molar-refractivity contribution in [3.63, 3.8) is 0 Å². The normalized spacial score (nSPS) is 11.7. The molecule has 2 rings (SSSR count). The third-order valence-corrected chi connectivity index (χ3v) is 4.54. The van der Waals surface area contributed by atoms with Crippen LogP contribution in [0.4, 0.5) is 5.82 Å². The van der Waals surface area contributed by atoms with Gasteiger partial charge in [-0.3, -0.25) is 0 Å². The lowest BCUT2D eigenvalue weighted by molar-refractivity contribution is 0.559. The van der Waals surface area contributed by atoms with Crippen LogP contribution in [0.1, 0.15) is 43.0 Å². The van der Waals surface area contributed by atoms with Crippen LogP contribution in [0.5, 0.6) is 0 Å². The van der Waals surface area contributed by atoms with Gasteiger partial charge in [0.15, 0.2) is 0 Å². The van der Waals surface area contributed by atoms with Crippen molar-refractivity contribution in [2.75, 3.05) is 12.4 Å². The second-order valence-electron chi connectivity index (χ2n) is 5.71. The predicted octanol–water partition coefficient (Wildman–Crippen LogP) is 3.93. The average molecular weight is 355 g/mol. The van der Waals surface area contributed by atoms with E-state index in [-0.39, 0.29) is 5.41 Å². The molecular weight excluding hydrogens is 336 g/mol. The minimum atomic E-state index is -0.0408. The highest BCUT2D eigenvalue weighted by Crippen LogP contribution is 2.32. The van der Waals surface area contributed by atoms with Crippen LogP contribution in [0.15, 0.2) is 9.85 Å². The van der Waals surface area contributed by atoms with Gasteiger partial charge in [-0.1, -0.05) is 20.8 Å². The molecule has 108 valence electrons. The van der Waals surface area contributed by atoms with E-state index in [9.17, 15) is 0 Å². The molecule has 0 saturated heterocycles. The van der Waals surface area contributed by atoms with Gasteiger partial charge in [0.25, 0.3) is 0 Å². The van der Waals surface area contributed by atoms with Gasteiger partial charge in [0.05, 0.1) is 16.6 Å². The zero-order valence-electron chi connectivity index (χ0n) is 12.4. The van der Waals surface area contributed by atoms with Gasteiger partial charge >= 0.3 is 0 Å². The molecule has 0 aliphatic rings. The first kappa shape index (κ1) is 15.4. The van der Waals surface area contributed by atoms with Crippen LogP contribution in [0.25, 0.3) is 0 Å². The maximum Gasteiger partial charge on any atom is 0.144 e. The van der Waals surface area contributed by atoms with Gasteiger partial charge in [0.2, 0.25) is 0 Å². The van der Waals surface area contributed by atoms with Crippen molar-refractivity contribution in [1.82, 2.24) is 15.0 Å². The molecule has 20 heavy (non-hydrogen) atoms. The van der Waals surface area contributed by atoms with Crippen LogP contribution < -0.4 is 5.32 Å². The Bertz CT molecular complexity index is 616. The van der Waals surface area contributed by atoms with Gasteiger partial charge in [-0.05, 0) is 22.9 Å². The minimum Gasteiger partial charge on any atom is -0.372 e. The zero-order chi connectivity index (χ0) is 14.9. The van der Waals surface area contributed by atoms with Crippen molar-refractivity contribution in [1.29, 1.82) is 0 Å². The minimum absolute atomic E-state index is 0.0408. The molecule has 0 spiro atoms. The molecule has 0 fully saturated rings. The third-order valence-electron chi connectivity index (χ3n) is 2.82. The molecule has 0 atom stereocenters. The van der Waals surface area contributed by atoms with Gasteiger partial charge in [-0.15, -0.1) is 11.3 Å². The SMILES string of the molecule is CNc1nc(Cc2nc(C)cs2)nc(C(C)(C)C)c1Br. The summed E-state index contributed by atoms with van der Waals surface area (Å²) in [7, 11) is 1.87. The first-order valence-corrected chi connectivity index (χ1v) is 8.14. The summed E-state index contributed by atoms with van der Waals surface area (Å²) in [6.45, 7) is 8.45. The van der Waals surface area contributed by atoms with E-state index in [1.807, 2.05) is 14.0 Å². The molecule has 0 radical (unpaired) electrons. The molecule has 0 saturated carbocycles. The van der Waals surface area contributed by atoms with Crippen molar-refractivity contribution in [2.24, 2.45) is 0 Å². The van der Waals surface area contributed by atoms with Gasteiger partial charge in [0, 0.05) is 23.5 Å². The Balaban J connectivity index is 2.43. The van der Waals surface area contributed by atoms with E-state index in [4.69, 9.17) is 4.98 Å². The molecule has 2 aromatic heterocycles. The lowest BCUT2D eigenvalue weighted by Crippen LogP contribution is -2.18. The number of nitrogens with one attached hydrogen (secondary N) is 1. The van der Waals surface area contributed by atoms with Crippen LogP contribution in [-0.2, 0) is 11.8 Å². The Morgan fingerprint density at radius 2 is 1.95 bits per heavy atom. The second kappa shape index (κ2) is 5.77. The average Bonchev–Trinajstić information content (AvgIpc) is 2.75. The van der Waals surface area contributed by atoms with Gasteiger partial charge in [0.1, 0.15) is 16.6 Å². The van der Waals surface area contributed by atoms with Crippen LogP contribution in [0.3, 0.4) is 0 Å². The van der Waals surface area contributed by atoms with Gasteiger partial charge < -0.3 is 5.32 Å². The van der Waals surface area contributed by atoms with E-state index in [1.165, 1.54) is 0 Å². The summed E-state index contributed by atoms with van der Waals surface area (Å²) in [5.41, 5.74) is 2.02. The van der Waals surface area contributed by atoms with E-state index in [1.54, 1.807) is 11.3 Å². The zero-order valence-corrected chi connectivity index (χ0v) is 14.8. The topological polar surface area (TPSA) is 50.7 Å². The predicted molar refractivity (Wildman–Crippen MR) is 87.6 cm³/mol. The van der Waals surface area contributed by atoms with Crippen molar-refractivity contribution < 1.29 is 0 Å². The Morgan fingerprint density at radius 3 is 2.45 bits per heavy atom. The Kier molecular flexibility index (Phi) is 4.44. The largest absolute Gasteiger partial charge is 0.372 e. The summed E-state index contributed by atoms with van der Waals surface area (Å²) < 4.78 is 0.937. The van der Waals surface area contributed by atoms with Crippen molar-refractivity contribution >= 4 is 33.1 Å². The van der Waals surface area contributed by atoms with Gasteiger partial charge in [-0.25, -0.2) is 15.0 Å². The van der Waals surface area contributed by atoms with Crippen molar-refractivity contribution in [3.05, 3.63) is 32.1 Å². The fourth-order valence-electron chi connectivity index (χ4n) is 1.85. The van der Waals surface area contributed by atoms with Crippen LogP contribution in [0, 0.1) is 6.92 Å². The lowest BCUT2D eigenvalue weighted by atomic mass is 9.92. The van der Waals surface area contributed by atoms with Crippen molar-refractivity contribution in [2.45, 2.75) is 39.5 Å². The van der Waals surface area contributed by atoms with Crippen molar-refractivity contribution in [3.8, 4) is 0 Å². The molecule has 0 aliphatic heterocycles. The highest BCUT2D eigenvalue weighted by atomic mass is 79.9. The quantitative estimate of drug-likeness (QED) is 0.906. The second-order valence-corrected chi connectivity index (χ2v) is 7.45. The Morgan fingerprint density at radius 1 is 1.25 bits per heavy atom. The molecule has 0 aromatic carbocycles. The monoisotopic (exact) mass is 354 g/mol. The maximum atomic E-state index is 4.73. The number of hydrogen-bond acceptors (Lipinski definition) is 5. The fourth-order valence-corrected chi connectivity index (χ4v) is 3.59. The molecule has 0 bridgehead atoms. The maximum absolute atomic E-state index is 4.73. The first-order chi connectivity index (χ1) is 9.31. The highest BCUT2D eigenvalue weighted by Gasteiger charge is 2.23. The number of thiazole rings is 1. The van der Waals surface area contributed by atoms with Gasteiger partial charge in [-0.2, -0.15) is 0 Å². The third kappa shape index (κ3) is 3.35. The van der Waals surface area contributed by atoms with E-state index in [0.29, 0.717) is 6.42 Å². The van der Waals surface area contributed by atoms with E-state index >= 15 is 0 Å². The van der Waals surface area contributed by atoms with E-state index in [0.717, 1.165) is 32.5 Å². The Labute approximate surface area is 132 Å². The van der Waals surface area contributed by atoms with Crippen LogP contribution in [-0.4, -0.2) is 22.0 Å². The smallest absolute Gasteiger partial charge is 0.144 e. The highest BCUT2D eigenvalue weighted by molar-refractivity contribution is 9.10. The summed E-state index contributed by atoms with van der Waals surface area (Å²) in [6.07, 6.45) is 0.670.